The number of nitrogens with zero attached hydrogens (tertiary/aromatic N) is 3. The Morgan fingerprint density at radius 3 is 2.46 bits per heavy atom. The van der Waals surface area contributed by atoms with E-state index in [-0.39, 0.29) is 6.61 Å². The summed E-state index contributed by atoms with van der Waals surface area (Å²) in [4.78, 5) is 14.9. The van der Waals surface area contributed by atoms with Gasteiger partial charge in [0, 0.05) is 4.91 Å². The summed E-state index contributed by atoms with van der Waals surface area (Å²) in [6.07, 6.45) is -1.39. The van der Waals surface area contributed by atoms with Crippen LogP contribution in [0.4, 0.5) is 0 Å². The first-order chi connectivity index (χ1) is 12.6. The summed E-state index contributed by atoms with van der Waals surface area (Å²) >= 11 is 0. The van der Waals surface area contributed by atoms with Crippen LogP contribution in [-0.4, -0.2) is 31.3 Å². The van der Waals surface area contributed by atoms with Crippen molar-refractivity contribution in [2.45, 2.75) is 18.8 Å². The number of benzene rings is 2. The van der Waals surface area contributed by atoms with E-state index in [1.807, 2.05) is 18.2 Å². The van der Waals surface area contributed by atoms with Gasteiger partial charge in [-0.2, -0.15) is 0 Å². The van der Waals surface area contributed by atoms with Gasteiger partial charge in [0.1, 0.15) is 6.61 Å². The van der Waals surface area contributed by atoms with Crippen molar-refractivity contribution in [1.29, 1.82) is 0 Å². The van der Waals surface area contributed by atoms with Crippen LogP contribution in [0.1, 0.15) is 17.2 Å². The molecule has 2 aromatic rings. The van der Waals surface area contributed by atoms with Crippen molar-refractivity contribution in [2.24, 2.45) is 5.11 Å². The summed E-state index contributed by atoms with van der Waals surface area (Å²) in [6.45, 7) is 0.00970. The molecule has 2 rings (SSSR count). The Bertz CT molecular complexity index is 791. The smallest absolute Gasteiger partial charge is 0.318 e. The van der Waals surface area contributed by atoms with Crippen LogP contribution in [0.25, 0.3) is 10.4 Å². The number of ether oxygens (including phenoxy) is 3. The van der Waals surface area contributed by atoms with Crippen LogP contribution in [0, 0.1) is 0 Å². The number of hydrogen-bond acceptors (Lipinski definition) is 6. The summed E-state index contributed by atoms with van der Waals surface area (Å²) in [5.74, 6) is 0.0192. The van der Waals surface area contributed by atoms with Crippen LogP contribution in [0.5, 0.6) is 11.5 Å². The lowest BCUT2D eigenvalue weighted by atomic mass is 10.0. The van der Waals surface area contributed by atoms with Gasteiger partial charge in [0.05, 0.1) is 20.3 Å². The Morgan fingerprint density at radius 1 is 1.15 bits per heavy atom. The Hall–Kier alpha value is -3.22. The van der Waals surface area contributed by atoms with E-state index in [0.29, 0.717) is 17.1 Å². The molecule has 0 spiro atoms. The topological polar surface area (TPSA) is 114 Å². The number of rotatable bonds is 8. The van der Waals surface area contributed by atoms with Gasteiger partial charge in [0.25, 0.3) is 0 Å². The van der Waals surface area contributed by atoms with E-state index < -0.39 is 18.1 Å². The van der Waals surface area contributed by atoms with Crippen molar-refractivity contribution in [3.8, 4) is 11.5 Å². The van der Waals surface area contributed by atoms with Gasteiger partial charge in [-0.3, -0.25) is 4.79 Å². The van der Waals surface area contributed by atoms with Crippen molar-refractivity contribution in [3.05, 3.63) is 70.1 Å². The van der Waals surface area contributed by atoms with Crippen LogP contribution < -0.4 is 9.47 Å². The van der Waals surface area contributed by atoms with E-state index >= 15 is 0 Å². The Balaban J connectivity index is 2.17. The zero-order valence-corrected chi connectivity index (χ0v) is 14.4. The Labute approximate surface area is 150 Å². The van der Waals surface area contributed by atoms with Gasteiger partial charge in [0.2, 0.25) is 0 Å². The molecular weight excluding hydrogens is 338 g/mol. The van der Waals surface area contributed by atoms with Crippen LogP contribution in [-0.2, 0) is 16.1 Å². The molecule has 0 aromatic heterocycles. The first kappa shape index (κ1) is 19.1. The highest BCUT2D eigenvalue weighted by molar-refractivity contribution is 5.77. The predicted octanol–water partition coefficient (Wildman–Crippen LogP) is 3.16. The molecule has 0 heterocycles. The second kappa shape index (κ2) is 9.31. The molecule has 0 bridgehead atoms. The van der Waals surface area contributed by atoms with Crippen molar-refractivity contribution in [1.82, 2.24) is 0 Å². The fourth-order valence-corrected chi connectivity index (χ4v) is 2.33. The lowest BCUT2D eigenvalue weighted by molar-refractivity contribution is -0.149. The molecule has 0 amide bonds. The molecule has 0 aliphatic rings. The maximum absolute atomic E-state index is 12.3. The molecule has 2 aromatic carbocycles. The van der Waals surface area contributed by atoms with Gasteiger partial charge >= 0.3 is 5.97 Å². The molecule has 0 saturated heterocycles. The van der Waals surface area contributed by atoms with E-state index in [9.17, 15) is 9.90 Å². The van der Waals surface area contributed by atoms with E-state index in [1.165, 1.54) is 20.3 Å². The number of aliphatic hydroxyl groups excluding tert-OH is 1. The minimum atomic E-state index is -1.43. The number of aliphatic hydroxyl groups is 1. The van der Waals surface area contributed by atoms with Crippen LogP contribution >= 0.6 is 0 Å². The third-order valence-electron chi connectivity index (χ3n) is 3.69. The second-order valence-corrected chi connectivity index (χ2v) is 5.30. The van der Waals surface area contributed by atoms with Gasteiger partial charge in [-0.15, -0.1) is 0 Å². The number of azide groups is 1. The fourth-order valence-electron chi connectivity index (χ4n) is 2.33. The summed E-state index contributed by atoms with van der Waals surface area (Å²) < 4.78 is 15.5. The van der Waals surface area contributed by atoms with Crippen LogP contribution in [0.2, 0.25) is 0 Å². The number of methoxy groups -OCH3 is 2. The molecule has 8 nitrogen and oxygen atoms in total. The summed E-state index contributed by atoms with van der Waals surface area (Å²) in [7, 11) is 2.94. The minimum Gasteiger partial charge on any atom is -0.493 e. The van der Waals surface area contributed by atoms with E-state index in [1.54, 1.807) is 24.3 Å². The summed E-state index contributed by atoms with van der Waals surface area (Å²) in [5, 5.41) is 13.9. The molecule has 2 atom stereocenters. The first-order valence-electron chi connectivity index (χ1n) is 7.75. The first-order valence-corrected chi connectivity index (χ1v) is 7.75. The third kappa shape index (κ3) is 4.66. The van der Waals surface area contributed by atoms with Crippen molar-refractivity contribution in [3.63, 3.8) is 0 Å². The molecule has 136 valence electrons. The quantitative estimate of drug-likeness (QED) is 0.337. The molecule has 8 heteroatoms. The lowest BCUT2D eigenvalue weighted by Crippen LogP contribution is -2.28. The van der Waals surface area contributed by atoms with Crippen molar-refractivity contribution < 1.29 is 24.1 Å². The lowest BCUT2D eigenvalue weighted by Gasteiger charge is -2.19. The highest BCUT2D eigenvalue weighted by atomic mass is 16.5. The molecule has 0 aliphatic carbocycles. The minimum absolute atomic E-state index is 0.00970. The maximum Gasteiger partial charge on any atom is 0.318 e. The van der Waals surface area contributed by atoms with Gasteiger partial charge in [-0.25, -0.2) is 0 Å². The maximum atomic E-state index is 12.3. The van der Waals surface area contributed by atoms with Gasteiger partial charge in [-0.05, 0) is 28.8 Å². The Kier molecular flexibility index (Phi) is 6.84. The molecule has 0 saturated carbocycles. The number of carbonyl (C=O) groups excluding carboxylic acids is 1. The van der Waals surface area contributed by atoms with Crippen molar-refractivity contribution in [2.75, 3.05) is 14.2 Å². The molecule has 26 heavy (non-hydrogen) atoms. The zero-order valence-electron chi connectivity index (χ0n) is 14.4. The summed E-state index contributed by atoms with van der Waals surface area (Å²) in [6, 6.07) is 12.3. The number of esters is 1. The third-order valence-corrected chi connectivity index (χ3v) is 3.69. The SMILES string of the molecule is COc1ccc(C(O)C(N=[N+]=[N-])C(=O)OCc2ccccc2)cc1OC. The van der Waals surface area contributed by atoms with Crippen LogP contribution in [0.15, 0.2) is 53.6 Å². The summed E-state index contributed by atoms with van der Waals surface area (Å²) in [5.41, 5.74) is 9.85. The number of hydrogen-bond donors (Lipinski definition) is 1. The van der Waals surface area contributed by atoms with E-state index in [0.717, 1.165) is 5.56 Å². The van der Waals surface area contributed by atoms with Gasteiger partial charge in [-0.1, -0.05) is 41.5 Å². The second-order valence-electron chi connectivity index (χ2n) is 5.30. The van der Waals surface area contributed by atoms with Gasteiger partial charge < -0.3 is 19.3 Å². The standard InChI is InChI=1S/C18H19N3O5/c1-24-14-9-8-13(10-15(14)25-2)17(22)16(20-21-19)18(23)26-11-12-6-4-3-5-7-12/h3-10,16-17,22H,11H2,1-2H3. The van der Waals surface area contributed by atoms with Crippen LogP contribution in [0.3, 0.4) is 0 Å². The fraction of sp³-hybridized carbons (Fsp3) is 0.278. The highest BCUT2D eigenvalue weighted by Crippen LogP contribution is 2.31. The van der Waals surface area contributed by atoms with E-state index in [2.05, 4.69) is 10.0 Å². The zero-order chi connectivity index (χ0) is 18.9. The normalized spacial score (nSPS) is 12.4. The molecule has 2 unspecified atom stereocenters. The van der Waals surface area contributed by atoms with E-state index in [4.69, 9.17) is 19.7 Å². The van der Waals surface area contributed by atoms with Crippen molar-refractivity contribution >= 4 is 5.97 Å². The Morgan fingerprint density at radius 2 is 1.85 bits per heavy atom. The monoisotopic (exact) mass is 357 g/mol. The number of carbonyl (C=O) groups is 1. The highest BCUT2D eigenvalue weighted by Gasteiger charge is 2.29. The average molecular weight is 357 g/mol. The average Bonchev–Trinajstić information content (AvgIpc) is 2.69. The molecule has 1 N–H and O–H groups in total. The predicted molar refractivity (Wildman–Crippen MR) is 93.7 cm³/mol. The molecule has 0 fully saturated rings. The van der Waals surface area contributed by atoms with Gasteiger partial charge in [0.15, 0.2) is 17.5 Å². The molecule has 0 aliphatic heterocycles. The largest absolute Gasteiger partial charge is 0.493 e. The molecule has 0 radical (unpaired) electrons. The molecular formula is C18H19N3O5.